The fraction of sp³-hybridized carbons (Fsp3) is 0.933. The molecule has 0 radical (unpaired) electrons. The van der Waals surface area contributed by atoms with Gasteiger partial charge in [-0.15, -0.1) is 0 Å². The molecule has 2 heterocycles. The van der Waals surface area contributed by atoms with Crippen LogP contribution in [0.25, 0.3) is 0 Å². The predicted molar refractivity (Wildman–Crippen MR) is 81.2 cm³/mol. The standard InChI is InChI=1S/C15H29N3O2/c1-3-19-14-7-10-18(11-8-14)15(16-2)17-9-6-13-5-4-12-20-13/h13-14H,3-12H2,1-2H3,(H,16,17). The lowest BCUT2D eigenvalue weighted by molar-refractivity contribution is 0.0263. The van der Waals surface area contributed by atoms with Crippen LogP contribution in [0.15, 0.2) is 4.99 Å². The molecule has 1 atom stereocenters. The number of ether oxygens (including phenoxy) is 2. The summed E-state index contributed by atoms with van der Waals surface area (Å²) in [6.07, 6.45) is 6.57. The molecule has 5 heteroatoms. The largest absolute Gasteiger partial charge is 0.378 e. The Hall–Kier alpha value is -0.810. The maximum absolute atomic E-state index is 5.69. The van der Waals surface area contributed by atoms with E-state index in [1.807, 2.05) is 7.05 Å². The molecule has 0 aromatic rings. The molecule has 0 saturated carbocycles. The average molecular weight is 283 g/mol. The molecule has 2 aliphatic rings. The zero-order chi connectivity index (χ0) is 14.2. The van der Waals surface area contributed by atoms with Crippen LogP contribution in [0.4, 0.5) is 0 Å². The maximum Gasteiger partial charge on any atom is 0.193 e. The molecule has 0 aliphatic carbocycles. The fourth-order valence-corrected chi connectivity index (χ4v) is 3.02. The molecule has 0 aromatic heterocycles. The number of rotatable bonds is 5. The van der Waals surface area contributed by atoms with Gasteiger partial charge < -0.3 is 19.7 Å². The molecule has 116 valence electrons. The summed E-state index contributed by atoms with van der Waals surface area (Å²) in [5, 5.41) is 3.47. The van der Waals surface area contributed by atoms with E-state index in [1.54, 1.807) is 0 Å². The molecule has 0 amide bonds. The van der Waals surface area contributed by atoms with Crippen LogP contribution in [0, 0.1) is 0 Å². The summed E-state index contributed by atoms with van der Waals surface area (Å²) in [7, 11) is 1.86. The van der Waals surface area contributed by atoms with Gasteiger partial charge in [0.25, 0.3) is 0 Å². The summed E-state index contributed by atoms with van der Waals surface area (Å²) >= 11 is 0. The molecule has 2 saturated heterocycles. The van der Waals surface area contributed by atoms with Crippen LogP contribution in [0.3, 0.4) is 0 Å². The van der Waals surface area contributed by atoms with Crippen molar-refractivity contribution in [3.8, 4) is 0 Å². The van der Waals surface area contributed by atoms with Crippen molar-refractivity contribution < 1.29 is 9.47 Å². The molecule has 2 rings (SSSR count). The van der Waals surface area contributed by atoms with Crippen LogP contribution < -0.4 is 5.32 Å². The van der Waals surface area contributed by atoms with E-state index in [1.165, 1.54) is 12.8 Å². The van der Waals surface area contributed by atoms with E-state index in [9.17, 15) is 0 Å². The number of nitrogens with zero attached hydrogens (tertiary/aromatic N) is 2. The minimum atomic E-state index is 0.432. The van der Waals surface area contributed by atoms with Gasteiger partial charge in [-0.2, -0.15) is 0 Å². The van der Waals surface area contributed by atoms with E-state index in [2.05, 4.69) is 22.1 Å². The first-order valence-electron chi connectivity index (χ1n) is 8.02. The van der Waals surface area contributed by atoms with Crippen LogP contribution in [-0.2, 0) is 9.47 Å². The summed E-state index contributed by atoms with van der Waals surface area (Å²) in [6, 6.07) is 0. The molecular formula is C15H29N3O2. The summed E-state index contributed by atoms with van der Waals surface area (Å²) < 4.78 is 11.3. The highest BCUT2D eigenvalue weighted by Gasteiger charge is 2.22. The molecule has 5 nitrogen and oxygen atoms in total. The maximum atomic E-state index is 5.69. The Morgan fingerprint density at radius 3 is 2.75 bits per heavy atom. The van der Waals surface area contributed by atoms with E-state index in [0.29, 0.717) is 12.2 Å². The quantitative estimate of drug-likeness (QED) is 0.615. The van der Waals surface area contributed by atoms with E-state index in [0.717, 1.165) is 58.1 Å². The summed E-state index contributed by atoms with van der Waals surface area (Å²) in [5.74, 6) is 1.03. The van der Waals surface area contributed by atoms with Gasteiger partial charge >= 0.3 is 0 Å². The monoisotopic (exact) mass is 283 g/mol. The SMILES string of the molecule is CCOC1CCN(C(=NC)NCCC2CCCO2)CC1. The van der Waals surface area contributed by atoms with Gasteiger partial charge in [-0.05, 0) is 39.0 Å². The van der Waals surface area contributed by atoms with Crippen molar-refractivity contribution in [1.29, 1.82) is 0 Å². The lowest BCUT2D eigenvalue weighted by atomic mass is 10.1. The number of likely N-dealkylation sites (tertiary alicyclic amines) is 1. The molecule has 2 fully saturated rings. The van der Waals surface area contributed by atoms with Crippen LogP contribution >= 0.6 is 0 Å². The molecule has 0 spiro atoms. The van der Waals surface area contributed by atoms with Gasteiger partial charge in [-0.25, -0.2) is 0 Å². The minimum absolute atomic E-state index is 0.432. The van der Waals surface area contributed by atoms with Crippen molar-refractivity contribution in [2.24, 2.45) is 4.99 Å². The Kier molecular flexibility index (Phi) is 6.60. The van der Waals surface area contributed by atoms with Crippen molar-refractivity contribution in [1.82, 2.24) is 10.2 Å². The highest BCUT2D eigenvalue weighted by molar-refractivity contribution is 5.79. The molecule has 1 N–H and O–H groups in total. The first-order chi connectivity index (χ1) is 9.83. The third-order valence-electron chi connectivity index (χ3n) is 4.13. The van der Waals surface area contributed by atoms with Crippen LogP contribution in [0.1, 0.15) is 39.0 Å². The molecule has 0 aromatic carbocycles. The van der Waals surface area contributed by atoms with Crippen LogP contribution in [-0.4, -0.2) is 63.0 Å². The van der Waals surface area contributed by atoms with Crippen molar-refractivity contribution in [2.45, 2.75) is 51.2 Å². The van der Waals surface area contributed by atoms with Gasteiger partial charge in [0.05, 0.1) is 12.2 Å². The van der Waals surface area contributed by atoms with E-state index < -0.39 is 0 Å². The zero-order valence-corrected chi connectivity index (χ0v) is 12.9. The van der Waals surface area contributed by atoms with Crippen molar-refractivity contribution in [3.63, 3.8) is 0 Å². The molecular weight excluding hydrogens is 254 g/mol. The Morgan fingerprint density at radius 1 is 1.35 bits per heavy atom. The second-order valence-electron chi connectivity index (χ2n) is 5.54. The van der Waals surface area contributed by atoms with Gasteiger partial charge in [0, 0.05) is 39.9 Å². The Bertz CT molecular complexity index is 295. The third-order valence-corrected chi connectivity index (χ3v) is 4.13. The number of aliphatic imine (C=N–C) groups is 1. The van der Waals surface area contributed by atoms with Gasteiger partial charge in [0.1, 0.15) is 0 Å². The predicted octanol–water partition coefficient (Wildman–Crippen LogP) is 1.63. The second-order valence-corrected chi connectivity index (χ2v) is 5.54. The smallest absolute Gasteiger partial charge is 0.193 e. The number of piperidine rings is 1. The van der Waals surface area contributed by atoms with Gasteiger partial charge in [-0.1, -0.05) is 0 Å². The topological polar surface area (TPSA) is 46.1 Å². The van der Waals surface area contributed by atoms with Gasteiger partial charge in [0.2, 0.25) is 0 Å². The van der Waals surface area contributed by atoms with E-state index >= 15 is 0 Å². The Balaban J connectivity index is 1.67. The summed E-state index contributed by atoms with van der Waals surface area (Å²) in [6.45, 7) is 6.83. The normalized spacial score (nSPS) is 25.2. The number of hydrogen-bond donors (Lipinski definition) is 1. The second kappa shape index (κ2) is 8.47. The van der Waals surface area contributed by atoms with E-state index in [-0.39, 0.29) is 0 Å². The highest BCUT2D eigenvalue weighted by atomic mass is 16.5. The molecule has 0 bridgehead atoms. The van der Waals surface area contributed by atoms with Crippen molar-refractivity contribution >= 4 is 5.96 Å². The van der Waals surface area contributed by atoms with Crippen LogP contribution in [0.5, 0.6) is 0 Å². The lowest BCUT2D eigenvalue weighted by Crippen LogP contribution is -2.47. The van der Waals surface area contributed by atoms with Crippen molar-refractivity contribution in [3.05, 3.63) is 0 Å². The Morgan fingerprint density at radius 2 is 2.15 bits per heavy atom. The number of hydrogen-bond acceptors (Lipinski definition) is 3. The van der Waals surface area contributed by atoms with Gasteiger partial charge in [0.15, 0.2) is 5.96 Å². The minimum Gasteiger partial charge on any atom is -0.378 e. The average Bonchev–Trinajstić information content (AvgIpc) is 2.98. The fourth-order valence-electron chi connectivity index (χ4n) is 3.02. The van der Waals surface area contributed by atoms with Crippen molar-refractivity contribution in [2.75, 3.05) is 39.9 Å². The first-order valence-corrected chi connectivity index (χ1v) is 8.02. The summed E-state index contributed by atoms with van der Waals surface area (Å²) in [4.78, 5) is 6.74. The number of nitrogens with one attached hydrogen (secondary N) is 1. The highest BCUT2D eigenvalue weighted by Crippen LogP contribution is 2.15. The Labute approximate surface area is 122 Å². The zero-order valence-electron chi connectivity index (χ0n) is 12.9. The third kappa shape index (κ3) is 4.63. The summed E-state index contributed by atoms with van der Waals surface area (Å²) in [5.41, 5.74) is 0. The van der Waals surface area contributed by atoms with Gasteiger partial charge in [-0.3, -0.25) is 4.99 Å². The van der Waals surface area contributed by atoms with E-state index in [4.69, 9.17) is 9.47 Å². The van der Waals surface area contributed by atoms with Crippen LogP contribution in [0.2, 0.25) is 0 Å². The molecule has 2 aliphatic heterocycles. The molecule has 1 unspecified atom stereocenters. The number of guanidine groups is 1. The first kappa shape index (κ1) is 15.6. The molecule has 20 heavy (non-hydrogen) atoms. The lowest BCUT2D eigenvalue weighted by Gasteiger charge is -2.34.